The molecule has 3 aromatic rings. The molecule has 40 heavy (non-hydrogen) atoms. The van der Waals surface area contributed by atoms with Crippen LogP contribution in [0.2, 0.25) is 0 Å². The lowest BCUT2D eigenvalue weighted by atomic mass is 10.1. The number of amides is 3. The Morgan fingerprint density at radius 3 is 2.52 bits per heavy atom. The molecule has 0 atom stereocenters. The second kappa shape index (κ2) is 12.9. The van der Waals surface area contributed by atoms with Crippen LogP contribution in [-0.4, -0.2) is 73.8 Å². The number of anilines is 1. The lowest BCUT2D eigenvalue weighted by Gasteiger charge is -2.24. The van der Waals surface area contributed by atoms with Crippen molar-refractivity contribution in [2.75, 3.05) is 31.4 Å². The normalized spacial score (nSPS) is 11.7. The number of aromatic nitrogens is 4. The van der Waals surface area contributed by atoms with Gasteiger partial charge >= 0.3 is 6.09 Å². The molecule has 216 valence electrons. The number of fused-ring (bicyclic) bond motifs is 1. The highest BCUT2D eigenvalue weighted by atomic mass is 35.5. The lowest BCUT2D eigenvalue weighted by molar-refractivity contribution is 0.0292. The number of nitrogens with one attached hydrogen (secondary N) is 1. The van der Waals surface area contributed by atoms with Crippen LogP contribution < -0.4 is 15.8 Å². The highest BCUT2D eigenvalue weighted by molar-refractivity contribution is 6.18. The zero-order valence-electron chi connectivity index (χ0n) is 23.7. The Morgan fingerprint density at radius 1 is 1.20 bits per heavy atom. The maximum atomic E-state index is 13.1. The minimum Gasteiger partial charge on any atom is -0.491 e. The van der Waals surface area contributed by atoms with E-state index in [1.54, 1.807) is 70.6 Å². The molecule has 12 nitrogen and oxygen atoms in total. The number of nitrogens with zero attached hydrogens (tertiary/aromatic N) is 5. The Kier molecular flexibility index (Phi) is 9.80. The van der Waals surface area contributed by atoms with Gasteiger partial charge < -0.3 is 24.7 Å². The fourth-order valence-electron chi connectivity index (χ4n) is 3.90. The van der Waals surface area contributed by atoms with E-state index in [0.29, 0.717) is 53.6 Å². The first-order valence-corrected chi connectivity index (χ1v) is 13.3. The minimum absolute atomic E-state index is 0.203. The van der Waals surface area contributed by atoms with Crippen molar-refractivity contribution in [1.82, 2.24) is 24.2 Å². The number of benzene rings is 1. The van der Waals surface area contributed by atoms with Crippen molar-refractivity contribution >= 4 is 46.5 Å². The number of hydrogen-bond acceptors (Lipinski definition) is 7. The predicted molar refractivity (Wildman–Crippen MR) is 153 cm³/mol. The summed E-state index contributed by atoms with van der Waals surface area (Å²) in [5.74, 6) is -0.139. The Labute approximate surface area is 238 Å². The number of ether oxygens (including phenoxy) is 2. The van der Waals surface area contributed by atoms with Crippen LogP contribution in [0.15, 0.2) is 30.4 Å². The summed E-state index contributed by atoms with van der Waals surface area (Å²) in [5.41, 5.74) is 7.21. The van der Waals surface area contributed by atoms with E-state index in [2.05, 4.69) is 15.4 Å². The Bertz CT molecular complexity index is 1420. The molecule has 0 saturated carbocycles. The molecular formula is C27H36ClN7O5. The molecule has 0 radical (unpaired) electrons. The predicted octanol–water partition coefficient (Wildman–Crippen LogP) is 3.86. The molecule has 0 aliphatic carbocycles. The highest BCUT2D eigenvalue weighted by Gasteiger charge is 2.22. The highest BCUT2D eigenvalue weighted by Crippen LogP contribution is 2.31. The van der Waals surface area contributed by atoms with Crippen molar-refractivity contribution in [2.24, 2.45) is 12.8 Å². The standard InChI is InChI=1S/C27H36ClN7O5/c1-17-14-20(34(6)32-17)24(37)31-25-30-19-15-18(23(29)36)16-21(22(19)35(25)12-8-7-10-28)39-13-9-11-33(5)26(38)40-27(2,3)4/h7-8,14-16H,9-13H2,1-6H3,(H2,29,36)(H,30,31,37)/b8-7+. The summed E-state index contributed by atoms with van der Waals surface area (Å²) in [5, 5.41) is 7.07. The van der Waals surface area contributed by atoms with Gasteiger partial charge in [0.15, 0.2) is 0 Å². The summed E-state index contributed by atoms with van der Waals surface area (Å²) in [6.45, 7) is 8.14. The third-order valence-electron chi connectivity index (χ3n) is 5.70. The summed E-state index contributed by atoms with van der Waals surface area (Å²) in [7, 11) is 3.33. The maximum absolute atomic E-state index is 13.1. The van der Waals surface area contributed by atoms with Crippen LogP contribution in [-0.2, 0) is 18.3 Å². The van der Waals surface area contributed by atoms with Crippen LogP contribution >= 0.6 is 11.6 Å². The number of imidazole rings is 1. The van der Waals surface area contributed by atoms with Gasteiger partial charge in [0.2, 0.25) is 11.9 Å². The summed E-state index contributed by atoms with van der Waals surface area (Å²) in [6, 6.07) is 4.76. The van der Waals surface area contributed by atoms with Crippen LogP contribution in [0.3, 0.4) is 0 Å². The van der Waals surface area contributed by atoms with Gasteiger partial charge in [-0.25, -0.2) is 9.78 Å². The van der Waals surface area contributed by atoms with Crippen LogP contribution in [0.4, 0.5) is 10.7 Å². The first-order chi connectivity index (χ1) is 18.8. The monoisotopic (exact) mass is 573 g/mol. The Hall–Kier alpha value is -4.06. The van der Waals surface area contributed by atoms with Gasteiger partial charge in [-0.3, -0.25) is 19.6 Å². The van der Waals surface area contributed by atoms with Crippen molar-refractivity contribution in [3.8, 4) is 5.75 Å². The number of rotatable bonds is 11. The van der Waals surface area contributed by atoms with Gasteiger partial charge in [0, 0.05) is 38.6 Å². The quantitative estimate of drug-likeness (QED) is 0.201. The molecule has 0 aliphatic heterocycles. The zero-order valence-corrected chi connectivity index (χ0v) is 24.4. The fraction of sp³-hybridized carbons (Fsp3) is 0.444. The van der Waals surface area contributed by atoms with E-state index in [9.17, 15) is 14.4 Å². The van der Waals surface area contributed by atoms with Crippen molar-refractivity contribution in [3.05, 3.63) is 47.3 Å². The van der Waals surface area contributed by atoms with Gasteiger partial charge in [-0.05, 0) is 52.3 Å². The number of primary amides is 1. The molecule has 0 aliphatic rings. The average molecular weight is 574 g/mol. The largest absolute Gasteiger partial charge is 0.491 e. The number of alkyl halides is 1. The second-order valence-corrected chi connectivity index (χ2v) is 10.5. The molecule has 3 rings (SSSR count). The van der Waals surface area contributed by atoms with Gasteiger partial charge in [0.25, 0.3) is 5.91 Å². The lowest BCUT2D eigenvalue weighted by Crippen LogP contribution is -2.35. The molecule has 0 fully saturated rings. The molecular weight excluding hydrogens is 538 g/mol. The van der Waals surface area contributed by atoms with Crippen molar-refractivity contribution in [2.45, 2.75) is 46.3 Å². The Balaban J connectivity index is 1.91. The molecule has 0 bridgehead atoms. The SMILES string of the molecule is Cc1cc(C(=O)Nc2nc3cc(C(N)=O)cc(OCCCN(C)C(=O)OC(C)(C)C)c3n2C/C=C/CCl)n(C)n1. The number of nitrogens with two attached hydrogens (primary N) is 1. The molecule has 3 N–H and O–H groups in total. The van der Waals surface area contributed by atoms with Crippen LogP contribution in [0, 0.1) is 6.92 Å². The topological polar surface area (TPSA) is 147 Å². The Morgan fingerprint density at radius 2 is 1.93 bits per heavy atom. The minimum atomic E-state index is -0.649. The molecule has 0 saturated heterocycles. The van der Waals surface area contributed by atoms with Crippen molar-refractivity contribution in [1.29, 1.82) is 0 Å². The average Bonchev–Trinajstić information content (AvgIpc) is 3.38. The van der Waals surface area contributed by atoms with Gasteiger partial charge in [0.05, 0.1) is 17.8 Å². The molecule has 0 spiro atoms. The number of carbonyl (C=O) groups excluding carboxylic acids is 3. The maximum Gasteiger partial charge on any atom is 0.410 e. The van der Waals surface area contributed by atoms with Crippen LogP contribution in [0.1, 0.15) is 53.7 Å². The van der Waals surface area contributed by atoms with Crippen LogP contribution in [0.25, 0.3) is 11.0 Å². The van der Waals surface area contributed by atoms with Gasteiger partial charge in [-0.2, -0.15) is 5.10 Å². The van der Waals surface area contributed by atoms with Crippen LogP contribution in [0.5, 0.6) is 5.75 Å². The first kappa shape index (κ1) is 30.5. The van der Waals surface area contributed by atoms with E-state index in [1.165, 1.54) is 9.58 Å². The molecule has 1 aromatic carbocycles. The smallest absolute Gasteiger partial charge is 0.410 e. The summed E-state index contributed by atoms with van der Waals surface area (Å²) < 4.78 is 14.7. The number of allylic oxidation sites excluding steroid dienone is 2. The van der Waals surface area contributed by atoms with E-state index in [0.717, 1.165) is 0 Å². The second-order valence-electron chi connectivity index (χ2n) is 10.2. The van der Waals surface area contributed by atoms with Crippen molar-refractivity contribution < 1.29 is 23.9 Å². The summed E-state index contributed by atoms with van der Waals surface area (Å²) >= 11 is 5.83. The first-order valence-electron chi connectivity index (χ1n) is 12.7. The number of halogens is 1. The van der Waals surface area contributed by atoms with Gasteiger partial charge in [0.1, 0.15) is 22.6 Å². The van der Waals surface area contributed by atoms with Gasteiger partial charge in [-0.1, -0.05) is 12.2 Å². The van der Waals surface area contributed by atoms with E-state index in [-0.39, 0.29) is 18.1 Å². The number of hydrogen-bond donors (Lipinski definition) is 2. The van der Waals surface area contributed by atoms with Gasteiger partial charge in [-0.15, -0.1) is 11.6 Å². The molecule has 0 unspecified atom stereocenters. The molecule has 2 heterocycles. The van der Waals surface area contributed by atoms with E-state index < -0.39 is 23.5 Å². The fourth-order valence-corrected chi connectivity index (χ4v) is 4.03. The summed E-state index contributed by atoms with van der Waals surface area (Å²) in [6.07, 6.45) is 3.66. The zero-order chi connectivity index (χ0) is 29.6. The molecule has 13 heteroatoms. The van der Waals surface area contributed by atoms with Crippen molar-refractivity contribution in [3.63, 3.8) is 0 Å². The third-order valence-corrected chi connectivity index (χ3v) is 5.87. The van der Waals surface area contributed by atoms with E-state index in [4.69, 9.17) is 26.8 Å². The summed E-state index contributed by atoms with van der Waals surface area (Å²) in [4.78, 5) is 43.5. The third kappa shape index (κ3) is 7.75. The number of aryl methyl sites for hydroxylation is 2. The molecule has 2 aromatic heterocycles. The van der Waals surface area contributed by atoms with E-state index >= 15 is 0 Å². The molecule has 3 amide bonds. The van der Waals surface area contributed by atoms with E-state index in [1.807, 2.05) is 6.08 Å². The number of carbonyl (C=O) groups is 3.